The van der Waals surface area contributed by atoms with Crippen molar-refractivity contribution in [3.8, 4) is 0 Å². The van der Waals surface area contributed by atoms with Crippen LogP contribution in [-0.2, 0) is 6.42 Å². The van der Waals surface area contributed by atoms with E-state index in [2.05, 4.69) is 12.2 Å². The molecule has 1 unspecified atom stereocenters. The summed E-state index contributed by atoms with van der Waals surface area (Å²) in [6.07, 6.45) is 1.63. The third kappa shape index (κ3) is 4.44. The van der Waals surface area contributed by atoms with Gasteiger partial charge in [0.15, 0.2) is 0 Å². The van der Waals surface area contributed by atoms with Gasteiger partial charge in [-0.05, 0) is 54.8 Å². The van der Waals surface area contributed by atoms with Crippen molar-refractivity contribution >= 4 is 23.2 Å². The minimum absolute atomic E-state index is 0.0157. The Morgan fingerprint density at radius 3 is 2.38 bits per heavy atom. The molecule has 0 radical (unpaired) electrons. The van der Waals surface area contributed by atoms with Crippen LogP contribution in [0.25, 0.3) is 0 Å². The van der Waals surface area contributed by atoms with E-state index < -0.39 is 0 Å². The smallest absolute Gasteiger partial charge is 0.123 e. The first-order chi connectivity index (χ1) is 10.1. The van der Waals surface area contributed by atoms with Gasteiger partial charge in [0, 0.05) is 16.1 Å². The van der Waals surface area contributed by atoms with Gasteiger partial charge in [0.05, 0.1) is 0 Å². The van der Waals surface area contributed by atoms with Crippen molar-refractivity contribution in [2.75, 3.05) is 6.54 Å². The maximum absolute atomic E-state index is 13.5. The van der Waals surface area contributed by atoms with Crippen LogP contribution in [0.4, 0.5) is 4.39 Å². The fourth-order valence-electron chi connectivity index (χ4n) is 2.28. The SMILES string of the molecule is CCCNC(Cc1c(Cl)cccc1Cl)c1cccc(F)c1. The van der Waals surface area contributed by atoms with Crippen LogP contribution >= 0.6 is 23.2 Å². The molecule has 0 amide bonds. The molecule has 112 valence electrons. The summed E-state index contributed by atoms with van der Waals surface area (Å²) in [7, 11) is 0. The molecule has 0 heterocycles. The second-order valence-corrected chi connectivity index (χ2v) is 5.78. The highest BCUT2D eigenvalue weighted by Crippen LogP contribution is 2.29. The van der Waals surface area contributed by atoms with Gasteiger partial charge in [-0.2, -0.15) is 0 Å². The van der Waals surface area contributed by atoms with E-state index in [1.807, 2.05) is 24.3 Å². The predicted molar refractivity (Wildman–Crippen MR) is 87.6 cm³/mol. The lowest BCUT2D eigenvalue weighted by molar-refractivity contribution is 0.524. The summed E-state index contributed by atoms with van der Waals surface area (Å²) in [5, 5.41) is 4.71. The largest absolute Gasteiger partial charge is 0.310 e. The van der Waals surface area contributed by atoms with Gasteiger partial charge < -0.3 is 5.32 Å². The highest BCUT2D eigenvalue weighted by Gasteiger charge is 2.16. The van der Waals surface area contributed by atoms with Crippen LogP contribution < -0.4 is 5.32 Å². The van der Waals surface area contributed by atoms with E-state index in [9.17, 15) is 4.39 Å². The van der Waals surface area contributed by atoms with Crippen molar-refractivity contribution in [3.63, 3.8) is 0 Å². The van der Waals surface area contributed by atoms with Gasteiger partial charge in [0.25, 0.3) is 0 Å². The third-order valence-corrected chi connectivity index (χ3v) is 4.07. The van der Waals surface area contributed by atoms with Crippen molar-refractivity contribution < 1.29 is 4.39 Å². The van der Waals surface area contributed by atoms with Gasteiger partial charge in [-0.1, -0.05) is 48.3 Å². The molecule has 1 N–H and O–H groups in total. The maximum Gasteiger partial charge on any atom is 0.123 e. The molecule has 0 aliphatic rings. The number of halogens is 3. The van der Waals surface area contributed by atoms with E-state index in [-0.39, 0.29) is 11.9 Å². The zero-order valence-electron chi connectivity index (χ0n) is 11.9. The number of rotatable bonds is 6. The van der Waals surface area contributed by atoms with Crippen LogP contribution in [0.5, 0.6) is 0 Å². The quantitative estimate of drug-likeness (QED) is 0.748. The number of benzene rings is 2. The maximum atomic E-state index is 13.5. The van der Waals surface area contributed by atoms with Crippen molar-refractivity contribution in [3.05, 3.63) is 69.5 Å². The lowest BCUT2D eigenvalue weighted by Gasteiger charge is -2.20. The standard InChI is InChI=1S/C17H18Cl2FN/c1-2-9-21-17(12-5-3-6-13(20)10-12)11-14-15(18)7-4-8-16(14)19/h3-8,10,17,21H,2,9,11H2,1H3. The molecular weight excluding hydrogens is 308 g/mol. The van der Waals surface area contributed by atoms with E-state index in [0.717, 1.165) is 24.1 Å². The molecule has 0 fully saturated rings. The van der Waals surface area contributed by atoms with E-state index in [0.29, 0.717) is 16.5 Å². The van der Waals surface area contributed by atoms with Crippen LogP contribution in [0, 0.1) is 5.82 Å². The molecule has 1 atom stereocenters. The Bertz CT molecular complexity index is 581. The Labute approximate surface area is 135 Å². The highest BCUT2D eigenvalue weighted by atomic mass is 35.5. The van der Waals surface area contributed by atoms with Crippen LogP contribution in [0.15, 0.2) is 42.5 Å². The summed E-state index contributed by atoms with van der Waals surface area (Å²) in [5.41, 5.74) is 1.79. The summed E-state index contributed by atoms with van der Waals surface area (Å²) in [4.78, 5) is 0. The van der Waals surface area contributed by atoms with Crippen molar-refractivity contribution in [1.29, 1.82) is 0 Å². The second-order valence-electron chi connectivity index (χ2n) is 4.97. The Balaban J connectivity index is 2.28. The Kier molecular flexibility index (Phi) is 6.04. The molecule has 0 saturated carbocycles. The first-order valence-corrected chi connectivity index (χ1v) is 7.79. The molecule has 0 aromatic heterocycles. The average Bonchev–Trinajstić information content (AvgIpc) is 2.46. The molecular formula is C17H18Cl2FN. The molecule has 2 aromatic rings. The summed E-state index contributed by atoms with van der Waals surface area (Å²) in [5.74, 6) is -0.235. The molecule has 0 spiro atoms. The Hall–Kier alpha value is -1.09. The highest BCUT2D eigenvalue weighted by molar-refractivity contribution is 6.36. The number of nitrogens with one attached hydrogen (secondary N) is 1. The summed E-state index contributed by atoms with van der Waals surface area (Å²) in [6.45, 7) is 2.95. The fourth-order valence-corrected chi connectivity index (χ4v) is 2.83. The summed E-state index contributed by atoms with van der Waals surface area (Å²) < 4.78 is 13.5. The molecule has 21 heavy (non-hydrogen) atoms. The zero-order chi connectivity index (χ0) is 15.2. The van der Waals surface area contributed by atoms with E-state index in [4.69, 9.17) is 23.2 Å². The normalized spacial score (nSPS) is 12.4. The van der Waals surface area contributed by atoms with Gasteiger partial charge in [0.2, 0.25) is 0 Å². The fraction of sp³-hybridized carbons (Fsp3) is 0.294. The minimum Gasteiger partial charge on any atom is -0.310 e. The number of hydrogen-bond acceptors (Lipinski definition) is 1. The molecule has 1 nitrogen and oxygen atoms in total. The molecule has 0 aliphatic heterocycles. The molecule has 0 aliphatic carbocycles. The van der Waals surface area contributed by atoms with E-state index in [1.54, 1.807) is 12.1 Å². The molecule has 4 heteroatoms. The first-order valence-electron chi connectivity index (χ1n) is 7.03. The monoisotopic (exact) mass is 325 g/mol. The lowest BCUT2D eigenvalue weighted by Crippen LogP contribution is -2.24. The first kappa shape index (κ1) is 16.3. The summed E-state index contributed by atoms with van der Waals surface area (Å²) >= 11 is 12.5. The number of hydrogen-bond donors (Lipinski definition) is 1. The van der Waals surface area contributed by atoms with Gasteiger partial charge in [0.1, 0.15) is 5.82 Å². The van der Waals surface area contributed by atoms with Gasteiger partial charge in [-0.15, -0.1) is 0 Å². The second kappa shape index (κ2) is 7.79. The minimum atomic E-state index is -0.235. The molecule has 2 rings (SSSR count). The van der Waals surface area contributed by atoms with Crippen LogP contribution in [-0.4, -0.2) is 6.54 Å². The lowest BCUT2D eigenvalue weighted by atomic mass is 9.98. The van der Waals surface area contributed by atoms with Gasteiger partial charge >= 0.3 is 0 Å². The van der Waals surface area contributed by atoms with Crippen LogP contribution in [0.3, 0.4) is 0 Å². The van der Waals surface area contributed by atoms with Gasteiger partial charge in [-0.25, -0.2) is 4.39 Å². The van der Waals surface area contributed by atoms with Crippen LogP contribution in [0.1, 0.15) is 30.5 Å². The molecule has 2 aromatic carbocycles. The Morgan fingerprint density at radius 2 is 1.76 bits per heavy atom. The Morgan fingerprint density at radius 1 is 1.10 bits per heavy atom. The topological polar surface area (TPSA) is 12.0 Å². The zero-order valence-corrected chi connectivity index (χ0v) is 13.4. The van der Waals surface area contributed by atoms with Gasteiger partial charge in [-0.3, -0.25) is 0 Å². The summed E-state index contributed by atoms with van der Waals surface area (Å²) in [6, 6.07) is 12.1. The van der Waals surface area contributed by atoms with Crippen molar-refractivity contribution in [1.82, 2.24) is 5.32 Å². The predicted octanol–water partition coefficient (Wildman–Crippen LogP) is 5.42. The van der Waals surface area contributed by atoms with Crippen molar-refractivity contribution in [2.45, 2.75) is 25.8 Å². The van der Waals surface area contributed by atoms with Crippen LogP contribution in [0.2, 0.25) is 10.0 Å². The average molecular weight is 326 g/mol. The molecule has 0 saturated heterocycles. The third-order valence-electron chi connectivity index (χ3n) is 3.36. The van der Waals surface area contributed by atoms with Crippen molar-refractivity contribution in [2.24, 2.45) is 0 Å². The van der Waals surface area contributed by atoms with E-state index >= 15 is 0 Å². The van der Waals surface area contributed by atoms with E-state index in [1.165, 1.54) is 6.07 Å². The molecule has 0 bridgehead atoms.